The van der Waals surface area contributed by atoms with Gasteiger partial charge < -0.3 is 4.74 Å². The monoisotopic (exact) mass is 328 g/mol. The van der Waals surface area contributed by atoms with E-state index >= 15 is 0 Å². The molecule has 24 heavy (non-hydrogen) atoms. The third kappa shape index (κ3) is 5.22. The summed E-state index contributed by atoms with van der Waals surface area (Å²) in [4.78, 5) is 12.7. The Bertz CT molecular complexity index is 563. The summed E-state index contributed by atoms with van der Waals surface area (Å²) in [6, 6.07) is 10.7. The predicted molar refractivity (Wildman–Crippen MR) is 99.9 cm³/mol. The molecule has 2 nitrogen and oxygen atoms in total. The van der Waals surface area contributed by atoms with Gasteiger partial charge in [0.05, 0.1) is 5.92 Å². The molecule has 1 aromatic rings. The molecule has 0 aliphatic heterocycles. The molecular formula is C22H32O2. The first kappa shape index (κ1) is 18.8. The zero-order valence-electron chi connectivity index (χ0n) is 15.8. The second kappa shape index (κ2) is 8.00. The van der Waals surface area contributed by atoms with Crippen LogP contribution in [-0.2, 0) is 9.53 Å². The van der Waals surface area contributed by atoms with E-state index < -0.39 is 5.60 Å². The molecular weight excluding hydrogens is 296 g/mol. The molecule has 0 spiro atoms. The lowest BCUT2D eigenvalue weighted by molar-refractivity contribution is -0.159. The Labute approximate surface area is 147 Å². The summed E-state index contributed by atoms with van der Waals surface area (Å²) in [6.45, 7) is 10.0. The van der Waals surface area contributed by atoms with Crippen LogP contribution >= 0.6 is 0 Å². The lowest BCUT2D eigenvalue weighted by Crippen LogP contribution is -2.30. The van der Waals surface area contributed by atoms with Crippen molar-refractivity contribution in [2.24, 2.45) is 11.8 Å². The molecule has 0 heterocycles. The average Bonchev–Trinajstić information content (AvgIpc) is 2.51. The minimum Gasteiger partial charge on any atom is -0.460 e. The Morgan fingerprint density at radius 1 is 1.17 bits per heavy atom. The molecule has 1 saturated carbocycles. The Morgan fingerprint density at radius 3 is 2.42 bits per heavy atom. The van der Waals surface area contributed by atoms with Gasteiger partial charge in [-0.3, -0.25) is 4.79 Å². The Morgan fingerprint density at radius 2 is 1.83 bits per heavy atom. The van der Waals surface area contributed by atoms with Crippen LogP contribution in [0.3, 0.4) is 0 Å². The fourth-order valence-electron chi connectivity index (χ4n) is 3.44. The van der Waals surface area contributed by atoms with E-state index in [0.29, 0.717) is 5.92 Å². The van der Waals surface area contributed by atoms with Crippen molar-refractivity contribution >= 4 is 5.97 Å². The summed E-state index contributed by atoms with van der Waals surface area (Å²) in [6.07, 6.45) is 6.96. The molecule has 2 atom stereocenters. The van der Waals surface area contributed by atoms with Crippen molar-refractivity contribution in [3.63, 3.8) is 0 Å². The molecule has 1 aromatic carbocycles. The summed E-state index contributed by atoms with van der Waals surface area (Å²) in [7, 11) is 0. The van der Waals surface area contributed by atoms with Crippen LogP contribution < -0.4 is 0 Å². The number of benzene rings is 1. The Hall–Kier alpha value is -1.57. The lowest BCUT2D eigenvalue weighted by Gasteiger charge is -2.29. The van der Waals surface area contributed by atoms with Gasteiger partial charge in [0.2, 0.25) is 0 Å². The molecule has 0 radical (unpaired) electrons. The number of ether oxygens (including phenoxy) is 1. The summed E-state index contributed by atoms with van der Waals surface area (Å²) in [5.74, 6) is 0.431. The molecule has 0 N–H and O–H groups in total. The van der Waals surface area contributed by atoms with E-state index in [-0.39, 0.29) is 17.8 Å². The quantitative estimate of drug-likeness (QED) is 0.509. The van der Waals surface area contributed by atoms with Crippen LogP contribution in [0, 0.1) is 11.8 Å². The van der Waals surface area contributed by atoms with Crippen LogP contribution in [0.2, 0.25) is 0 Å². The second-order valence-electron chi connectivity index (χ2n) is 8.25. The van der Waals surface area contributed by atoms with E-state index in [9.17, 15) is 4.79 Å². The molecule has 1 fully saturated rings. The molecule has 1 aliphatic rings. The Kier molecular flexibility index (Phi) is 6.26. The van der Waals surface area contributed by atoms with Crippen molar-refractivity contribution in [3.05, 3.63) is 47.5 Å². The standard InChI is InChI=1S/C22H32O2/c1-16(2)20(21(23)24-22(3,4)5)15-18-13-9-10-14-19(18)17-11-7-6-8-12-17/h6-8,11-12,15-16,19-20H,9-10,13-14H2,1-5H3/b18-15+/t19?,20-/m0/s1. The smallest absolute Gasteiger partial charge is 0.313 e. The number of rotatable bonds is 4. The zero-order valence-corrected chi connectivity index (χ0v) is 15.8. The van der Waals surface area contributed by atoms with Gasteiger partial charge in [-0.25, -0.2) is 0 Å². The fourth-order valence-corrected chi connectivity index (χ4v) is 3.44. The van der Waals surface area contributed by atoms with E-state index in [1.165, 1.54) is 30.4 Å². The summed E-state index contributed by atoms with van der Waals surface area (Å²) in [5.41, 5.74) is 2.35. The molecule has 1 unspecified atom stereocenters. The van der Waals surface area contributed by atoms with E-state index in [1.807, 2.05) is 20.8 Å². The molecule has 1 aliphatic carbocycles. The van der Waals surface area contributed by atoms with Gasteiger partial charge in [0, 0.05) is 5.92 Å². The highest BCUT2D eigenvalue weighted by atomic mass is 16.6. The molecule has 2 rings (SSSR count). The van der Waals surface area contributed by atoms with Crippen molar-refractivity contribution in [2.75, 3.05) is 0 Å². The SMILES string of the molecule is CC(C)[C@H](/C=C1\CCCCC1c1ccccc1)C(=O)OC(C)(C)C. The first-order valence-corrected chi connectivity index (χ1v) is 9.26. The highest BCUT2D eigenvalue weighted by Gasteiger charge is 2.29. The summed E-state index contributed by atoms with van der Waals surface area (Å²) in [5, 5.41) is 0. The molecule has 0 bridgehead atoms. The number of esters is 1. The number of hydrogen-bond donors (Lipinski definition) is 0. The minimum absolute atomic E-state index is 0.0950. The van der Waals surface area contributed by atoms with E-state index in [1.54, 1.807) is 0 Å². The van der Waals surface area contributed by atoms with Crippen molar-refractivity contribution in [1.29, 1.82) is 0 Å². The maximum absolute atomic E-state index is 12.7. The van der Waals surface area contributed by atoms with E-state index in [4.69, 9.17) is 4.74 Å². The minimum atomic E-state index is -0.436. The largest absolute Gasteiger partial charge is 0.460 e. The lowest BCUT2D eigenvalue weighted by atomic mass is 9.77. The van der Waals surface area contributed by atoms with Crippen LogP contribution in [-0.4, -0.2) is 11.6 Å². The summed E-state index contributed by atoms with van der Waals surface area (Å²) >= 11 is 0. The molecule has 132 valence electrons. The first-order valence-electron chi connectivity index (χ1n) is 9.26. The van der Waals surface area contributed by atoms with Crippen LogP contribution in [0.5, 0.6) is 0 Å². The van der Waals surface area contributed by atoms with Crippen molar-refractivity contribution in [1.82, 2.24) is 0 Å². The number of hydrogen-bond acceptors (Lipinski definition) is 2. The van der Waals surface area contributed by atoms with Crippen molar-refractivity contribution in [3.8, 4) is 0 Å². The van der Waals surface area contributed by atoms with Gasteiger partial charge in [-0.2, -0.15) is 0 Å². The van der Waals surface area contributed by atoms with Crippen LogP contribution in [0.1, 0.15) is 71.8 Å². The van der Waals surface area contributed by atoms with Gasteiger partial charge in [0.25, 0.3) is 0 Å². The second-order valence-corrected chi connectivity index (χ2v) is 8.25. The van der Waals surface area contributed by atoms with Gasteiger partial charge in [-0.15, -0.1) is 0 Å². The topological polar surface area (TPSA) is 26.3 Å². The highest BCUT2D eigenvalue weighted by Crippen LogP contribution is 2.38. The fraction of sp³-hybridized carbons (Fsp3) is 0.591. The molecule has 0 aromatic heterocycles. The van der Waals surface area contributed by atoms with Crippen LogP contribution in [0.25, 0.3) is 0 Å². The number of allylic oxidation sites excluding steroid dienone is 1. The van der Waals surface area contributed by atoms with Gasteiger partial charge in [0.1, 0.15) is 5.60 Å². The van der Waals surface area contributed by atoms with Gasteiger partial charge in [-0.1, -0.05) is 62.2 Å². The Balaban J connectivity index is 2.27. The third-order valence-corrected chi connectivity index (χ3v) is 4.65. The van der Waals surface area contributed by atoms with Crippen molar-refractivity contribution in [2.45, 2.75) is 71.8 Å². The first-order chi connectivity index (χ1) is 11.3. The predicted octanol–water partition coefficient (Wildman–Crippen LogP) is 5.88. The maximum Gasteiger partial charge on any atom is 0.313 e. The van der Waals surface area contributed by atoms with Gasteiger partial charge in [0.15, 0.2) is 0 Å². The van der Waals surface area contributed by atoms with Crippen LogP contribution in [0.4, 0.5) is 0 Å². The van der Waals surface area contributed by atoms with E-state index in [2.05, 4.69) is 50.3 Å². The summed E-state index contributed by atoms with van der Waals surface area (Å²) < 4.78 is 5.66. The average molecular weight is 328 g/mol. The van der Waals surface area contributed by atoms with Crippen LogP contribution in [0.15, 0.2) is 42.0 Å². The number of carbonyl (C=O) groups excluding carboxylic acids is 1. The number of carbonyl (C=O) groups is 1. The molecule has 0 saturated heterocycles. The molecule has 2 heteroatoms. The van der Waals surface area contributed by atoms with Gasteiger partial charge in [-0.05, 0) is 51.5 Å². The van der Waals surface area contributed by atoms with E-state index in [0.717, 1.165) is 6.42 Å². The molecule has 0 amide bonds. The normalized spacial score (nSPS) is 21.8. The maximum atomic E-state index is 12.7. The van der Waals surface area contributed by atoms with Gasteiger partial charge >= 0.3 is 5.97 Å². The van der Waals surface area contributed by atoms with Crippen molar-refractivity contribution < 1.29 is 9.53 Å². The zero-order chi connectivity index (χ0) is 17.7. The highest BCUT2D eigenvalue weighted by molar-refractivity contribution is 5.75. The third-order valence-electron chi connectivity index (χ3n) is 4.65.